The van der Waals surface area contributed by atoms with E-state index in [9.17, 15) is 19.0 Å². The first kappa shape index (κ1) is 56.8. The molecule has 0 heterocycles. The fourth-order valence-electron chi connectivity index (χ4n) is 6.95. The van der Waals surface area contributed by atoms with E-state index < -0.39 is 26.5 Å². The molecule has 344 valence electrons. The summed E-state index contributed by atoms with van der Waals surface area (Å²) in [5.41, 5.74) is 0. The van der Waals surface area contributed by atoms with Crippen molar-refractivity contribution in [1.82, 2.24) is 0 Å². The van der Waals surface area contributed by atoms with Gasteiger partial charge in [0.05, 0.1) is 27.7 Å². The average molecular weight is 844 g/mol. The van der Waals surface area contributed by atoms with E-state index in [2.05, 4.69) is 26.0 Å². The van der Waals surface area contributed by atoms with Crippen LogP contribution in [0.4, 0.5) is 0 Å². The molecule has 0 aliphatic carbocycles. The molecule has 0 aromatic heterocycles. The van der Waals surface area contributed by atoms with Crippen molar-refractivity contribution in [3.63, 3.8) is 0 Å². The largest absolute Gasteiger partial charge is 0.756 e. The lowest BCUT2D eigenvalue weighted by Gasteiger charge is -2.28. The van der Waals surface area contributed by atoms with Gasteiger partial charge in [-0.25, -0.2) is 0 Å². The minimum atomic E-state index is -4.62. The molecule has 0 fully saturated rings. The van der Waals surface area contributed by atoms with E-state index in [1.54, 1.807) is 0 Å². The summed E-state index contributed by atoms with van der Waals surface area (Å²) in [5, 5.41) is 0. The molecule has 0 aromatic carbocycles. The number of likely N-dealkylation sites (N-methyl/N-ethyl adjacent to an activating group) is 1. The van der Waals surface area contributed by atoms with Crippen LogP contribution in [-0.4, -0.2) is 70.0 Å². The molecule has 0 spiro atoms. The number of nitrogens with zero attached hydrogens (tertiary/aromatic N) is 1. The van der Waals surface area contributed by atoms with Gasteiger partial charge in [0.25, 0.3) is 7.82 Å². The zero-order chi connectivity index (χ0) is 42.8. The van der Waals surface area contributed by atoms with Crippen molar-refractivity contribution in [2.45, 2.75) is 238 Å². The van der Waals surface area contributed by atoms with Crippen LogP contribution >= 0.6 is 7.82 Å². The first-order chi connectivity index (χ1) is 28.0. The Hall–Kier alpha value is -1.25. The third kappa shape index (κ3) is 44.3. The van der Waals surface area contributed by atoms with Crippen LogP contribution < -0.4 is 4.89 Å². The minimum absolute atomic E-state index is 0.0275. The molecule has 0 aromatic rings. The number of rotatable bonds is 45. The number of unbranched alkanes of at least 4 members (excludes halogenated alkanes) is 29. The molecule has 2 atom stereocenters. The van der Waals surface area contributed by atoms with Crippen molar-refractivity contribution in [2.75, 3.05) is 47.5 Å². The Morgan fingerprint density at radius 3 is 1.28 bits per heavy atom. The highest BCUT2D eigenvalue weighted by Gasteiger charge is 2.21. The second-order valence-corrected chi connectivity index (χ2v) is 19.2. The topological polar surface area (TPSA) is 111 Å². The number of phosphoric ester groups is 1. The molecule has 0 rings (SSSR count). The van der Waals surface area contributed by atoms with Crippen LogP contribution in [0.2, 0.25) is 0 Å². The van der Waals surface area contributed by atoms with Gasteiger partial charge in [-0.2, -0.15) is 0 Å². The van der Waals surface area contributed by atoms with E-state index >= 15 is 0 Å². The number of esters is 2. The molecule has 0 aliphatic rings. The second kappa shape index (κ2) is 41.1. The van der Waals surface area contributed by atoms with Gasteiger partial charge < -0.3 is 27.9 Å². The first-order valence-electron chi connectivity index (χ1n) is 24.4. The number of allylic oxidation sites excluding steroid dienone is 2. The highest BCUT2D eigenvalue weighted by molar-refractivity contribution is 7.45. The summed E-state index contributed by atoms with van der Waals surface area (Å²) in [6.07, 6.45) is 43.8. The predicted octanol–water partition coefficient (Wildman–Crippen LogP) is 13.5. The monoisotopic (exact) mass is 844 g/mol. The number of phosphoric acid groups is 1. The fourth-order valence-corrected chi connectivity index (χ4v) is 7.67. The molecular weight excluding hydrogens is 750 g/mol. The van der Waals surface area contributed by atoms with Gasteiger partial charge in [-0.05, 0) is 38.5 Å². The third-order valence-electron chi connectivity index (χ3n) is 10.8. The van der Waals surface area contributed by atoms with E-state index in [1.165, 1.54) is 161 Å². The lowest BCUT2D eigenvalue weighted by atomic mass is 10.0. The Kier molecular flexibility index (Phi) is 40.2. The molecule has 0 saturated heterocycles. The molecule has 0 N–H and O–H groups in total. The van der Waals surface area contributed by atoms with Gasteiger partial charge in [0.1, 0.15) is 19.8 Å². The Balaban J connectivity index is 4.23. The van der Waals surface area contributed by atoms with Crippen LogP contribution in [0.3, 0.4) is 0 Å². The Morgan fingerprint density at radius 1 is 0.517 bits per heavy atom. The van der Waals surface area contributed by atoms with E-state index in [4.69, 9.17) is 18.5 Å². The van der Waals surface area contributed by atoms with Crippen molar-refractivity contribution in [1.29, 1.82) is 0 Å². The molecule has 1 unspecified atom stereocenters. The van der Waals surface area contributed by atoms with Crippen molar-refractivity contribution < 1.29 is 42.1 Å². The van der Waals surface area contributed by atoms with Crippen LogP contribution in [0, 0.1) is 0 Å². The Labute approximate surface area is 358 Å². The van der Waals surface area contributed by atoms with Gasteiger partial charge >= 0.3 is 11.9 Å². The quantitative estimate of drug-likeness (QED) is 0.0196. The summed E-state index contributed by atoms with van der Waals surface area (Å²) >= 11 is 0. The number of quaternary nitrogens is 1. The smallest absolute Gasteiger partial charge is 0.306 e. The van der Waals surface area contributed by atoms with Gasteiger partial charge in [-0.15, -0.1) is 0 Å². The van der Waals surface area contributed by atoms with Crippen molar-refractivity contribution in [2.24, 2.45) is 0 Å². The lowest BCUT2D eigenvalue weighted by molar-refractivity contribution is -0.870. The second-order valence-electron chi connectivity index (χ2n) is 17.8. The van der Waals surface area contributed by atoms with Gasteiger partial charge in [-0.3, -0.25) is 14.2 Å². The van der Waals surface area contributed by atoms with E-state index in [-0.39, 0.29) is 32.0 Å². The average Bonchev–Trinajstić information content (AvgIpc) is 3.17. The molecule has 0 saturated carbocycles. The standard InChI is InChI=1S/C48H94NO8P/c1-6-8-10-12-14-16-18-20-21-22-23-24-25-26-27-29-31-33-35-37-39-41-48(51)57-46(45-56-58(52,53)55-43-42-49(3,4)5)44-54-47(50)40-38-36-34-32-30-28-19-17-15-13-11-9-7-2/h20-21,46H,6-19,22-45H2,1-5H3/b21-20-/t46-/m0/s1. The van der Waals surface area contributed by atoms with Crippen LogP contribution in [0.1, 0.15) is 232 Å². The number of carbonyl (C=O) groups is 2. The Bertz CT molecular complexity index is 1000. The molecular formula is C48H94NO8P. The van der Waals surface area contributed by atoms with Gasteiger partial charge in [-0.1, -0.05) is 193 Å². The molecule has 0 aliphatic heterocycles. The highest BCUT2D eigenvalue weighted by atomic mass is 31.2. The molecule has 10 heteroatoms. The Morgan fingerprint density at radius 2 is 0.879 bits per heavy atom. The van der Waals surface area contributed by atoms with Gasteiger partial charge in [0.15, 0.2) is 6.10 Å². The van der Waals surface area contributed by atoms with E-state index in [0.717, 1.165) is 38.5 Å². The summed E-state index contributed by atoms with van der Waals surface area (Å²) in [6, 6.07) is 0. The lowest BCUT2D eigenvalue weighted by Crippen LogP contribution is -2.37. The normalized spacial score (nSPS) is 13.6. The number of ether oxygens (including phenoxy) is 2. The zero-order valence-corrected chi connectivity index (χ0v) is 39.7. The van der Waals surface area contributed by atoms with Crippen molar-refractivity contribution in [3.05, 3.63) is 12.2 Å². The maximum atomic E-state index is 12.7. The maximum absolute atomic E-state index is 12.7. The summed E-state index contributed by atoms with van der Waals surface area (Å²) in [7, 11) is 1.18. The number of hydrogen-bond acceptors (Lipinski definition) is 8. The third-order valence-corrected chi connectivity index (χ3v) is 11.7. The summed E-state index contributed by atoms with van der Waals surface area (Å²) in [6.45, 7) is 4.26. The molecule has 58 heavy (non-hydrogen) atoms. The summed E-state index contributed by atoms with van der Waals surface area (Å²) < 4.78 is 34.0. The predicted molar refractivity (Wildman–Crippen MR) is 241 cm³/mol. The van der Waals surface area contributed by atoms with E-state index in [1.807, 2.05) is 21.1 Å². The molecule has 0 radical (unpaired) electrons. The zero-order valence-electron chi connectivity index (χ0n) is 38.8. The van der Waals surface area contributed by atoms with Crippen LogP contribution in [0.25, 0.3) is 0 Å². The molecule has 0 amide bonds. The maximum Gasteiger partial charge on any atom is 0.306 e. The SMILES string of the molecule is CCCCCCCC/C=C\CCCCCCCCCCCCCC(=O)O[C@@H](COC(=O)CCCCCCCCCCCCCCC)COP(=O)([O-])OCC[N+](C)(C)C. The number of hydrogen-bond donors (Lipinski definition) is 0. The summed E-state index contributed by atoms with van der Waals surface area (Å²) in [5.74, 6) is -0.823. The van der Waals surface area contributed by atoms with Gasteiger partial charge in [0, 0.05) is 12.8 Å². The molecule has 0 bridgehead atoms. The first-order valence-corrected chi connectivity index (χ1v) is 25.9. The van der Waals surface area contributed by atoms with Crippen molar-refractivity contribution in [3.8, 4) is 0 Å². The molecule has 9 nitrogen and oxygen atoms in total. The van der Waals surface area contributed by atoms with E-state index in [0.29, 0.717) is 17.4 Å². The minimum Gasteiger partial charge on any atom is -0.756 e. The van der Waals surface area contributed by atoms with Crippen LogP contribution in [-0.2, 0) is 32.7 Å². The van der Waals surface area contributed by atoms with Crippen LogP contribution in [0.5, 0.6) is 0 Å². The highest BCUT2D eigenvalue weighted by Crippen LogP contribution is 2.38. The van der Waals surface area contributed by atoms with Crippen molar-refractivity contribution >= 4 is 19.8 Å². The number of carbonyl (C=O) groups excluding carboxylic acids is 2. The van der Waals surface area contributed by atoms with Gasteiger partial charge in [0.2, 0.25) is 0 Å². The van der Waals surface area contributed by atoms with Crippen LogP contribution in [0.15, 0.2) is 12.2 Å². The fraction of sp³-hybridized carbons (Fsp3) is 0.917. The summed E-state index contributed by atoms with van der Waals surface area (Å²) in [4.78, 5) is 37.6.